The molecule has 2 aromatic rings. The van der Waals surface area contributed by atoms with Gasteiger partial charge in [0.05, 0.1) is 11.0 Å². The van der Waals surface area contributed by atoms with Gasteiger partial charge in [0.25, 0.3) is 0 Å². The lowest BCUT2D eigenvalue weighted by atomic mass is 9.99. The molecule has 2 heterocycles. The third-order valence-corrected chi connectivity index (χ3v) is 4.06. The molecule has 3 rings (SSSR count). The van der Waals surface area contributed by atoms with Crippen LogP contribution in [0.15, 0.2) is 18.2 Å². The van der Waals surface area contributed by atoms with E-state index in [-0.39, 0.29) is 0 Å². The van der Waals surface area contributed by atoms with Crippen molar-refractivity contribution in [1.29, 1.82) is 0 Å². The Morgan fingerprint density at radius 1 is 1.44 bits per heavy atom. The van der Waals surface area contributed by atoms with Gasteiger partial charge in [-0.1, -0.05) is 19.1 Å². The molecule has 96 valence electrons. The fourth-order valence-electron chi connectivity index (χ4n) is 3.09. The first kappa shape index (κ1) is 11.7. The molecule has 18 heavy (non-hydrogen) atoms. The van der Waals surface area contributed by atoms with Crippen LogP contribution in [0.3, 0.4) is 0 Å². The Labute approximate surface area is 108 Å². The number of piperidine rings is 1. The fraction of sp³-hybridized carbons (Fsp3) is 0.533. The lowest BCUT2D eigenvalue weighted by Crippen LogP contribution is -2.29. The molecule has 0 spiro atoms. The normalized spacial score (nSPS) is 20.4. The van der Waals surface area contributed by atoms with E-state index in [9.17, 15) is 0 Å². The first-order valence-electron chi connectivity index (χ1n) is 6.96. The second-order valence-corrected chi connectivity index (χ2v) is 5.21. The molecule has 1 aromatic carbocycles. The monoisotopic (exact) mass is 243 g/mol. The van der Waals surface area contributed by atoms with Crippen LogP contribution < -0.4 is 5.32 Å². The van der Waals surface area contributed by atoms with Crippen molar-refractivity contribution in [3.05, 3.63) is 29.6 Å². The second-order valence-electron chi connectivity index (χ2n) is 5.21. The van der Waals surface area contributed by atoms with Crippen molar-refractivity contribution in [2.45, 2.75) is 32.1 Å². The highest BCUT2D eigenvalue weighted by atomic mass is 15.1. The van der Waals surface area contributed by atoms with Gasteiger partial charge in [0.15, 0.2) is 0 Å². The van der Waals surface area contributed by atoms with E-state index in [4.69, 9.17) is 4.98 Å². The van der Waals surface area contributed by atoms with Gasteiger partial charge >= 0.3 is 0 Å². The van der Waals surface area contributed by atoms with Gasteiger partial charge in [0.2, 0.25) is 0 Å². The molecule has 0 amide bonds. The maximum absolute atomic E-state index is 4.87. The largest absolute Gasteiger partial charge is 0.331 e. The molecule has 1 aliphatic rings. The Morgan fingerprint density at radius 2 is 2.33 bits per heavy atom. The number of aryl methyl sites for hydroxylation is 2. The zero-order chi connectivity index (χ0) is 12.5. The lowest BCUT2D eigenvalue weighted by molar-refractivity contribution is 0.440. The number of para-hydroxylation sites is 1. The van der Waals surface area contributed by atoms with Crippen molar-refractivity contribution in [3.8, 4) is 0 Å². The topological polar surface area (TPSA) is 29.9 Å². The van der Waals surface area contributed by atoms with Crippen LogP contribution in [-0.2, 0) is 13.5 Å². The van der Waals surface area contributed by atoms with Crippen LogP contribution in [0.5, 0.6) is 0 Å². The van der Waals surface area contributed by atoms with Crippen molar-refractivity contribution < 1.29 is 0 Å². The van der Waals surface area contributed by atoms with E-state index in [1.54, 1.807) is 0 Å². The summed E-state index contributed by atoms with van der Waals surface area (Å²) < 4.78 is 2.31. The molecule has 3 heteroatoms. The van der Waals surface area contributed by atoms with Crippen LogP contribution in [0.25, 0.3) is 11.0 Å². The smallest absolute Gasteiger partial charge is 0.114 e. The molecule has 1 atom stereocenters. The Kier molecular flexibility index (Phi) is 3.08. The number of imidazole rings is 1. The fourth-order valence-corrected chi connectivity index (χ4v) is 3.09. The summed E-state index contributed by atoms with van der Waals surface area (Å²) in [6, 6.07) is 6.47. The third-order valence-electron chi connectivity index (χ3n) is 4.06. The van der Waals surface area contributed by atoms with Crippen LogP contribution in [0.4, 0.5) is 0 Å². The van der Waals surface area contributed by atoms with E-state index in [1.807, 2.05) is 0 Å². The van der Waals surface area contributed by atoms with Crippen LogP contribution >= 0.6 is 0 Å². The number of aromatic nitrogens is 2. The highest BCUT2D eigenvalue weighted by Crippen LogP contribution is 2.27. The van der Waals surface area contributed by atoms with Gasteiger partial charge in [-0.2, -0.15) is 0 Å². The number of nitrogens with zero attached hydrogens (tertiary/aromatic N) is 2. The SMILES string of the molecule is CCc1cccc2nc(C3CCCNC3)n(C)c12. The van der Waals surface area contributed by atoms with Crippen molar-refractivity contribution in [1.82, 2.24) is 14.9 Å². The molecular formula is C15H21N3. The summed E-state index contributed by atoms with van der Waals surface area (Å²) in [4.78, 5) is 4.87. The summed E-state index contributed by atoms with van der Waals surface area (Å²) in [5, 5.41) is 3.48. The van der Waals surface area contributed by atoms with E-state index in [2.05, 4.69) is 42.1 Å². The summed E-state index contributed by atoms with van der Waals surface area (Å²) in [5.74, 6) is 1.82. The van der Waals surface area contributed by atoms with Crippen molar-refractivity contribution >= 4 is 11.0 Å². The maximum atomic E-state index is 4.87. The van der Waals surface area contributed by atoms with Gasteiger partial charge in [-0.15, -0.1) is 0 Å². The predicted molar refractivity (Wildman–Crippen MR) is 74.9 cm³/mol. The van der Waals surface area contributed by atoms with E-state index in [0.29, 0.717) is 5.92 Å². The minimum Gasteiger partial charge on any atom is -0.331 e. The zero-order valence-corrected chi connectivity index (χ0v) is 11.2. The Morgan fingerprint density at radius 3 is 3.06 bits per heavy atom. The van der Waals surface area contributed by atoms with Gasteiger partial charge in [-0.05, 0) is 37.4 Å². The Balaban J connectivity index is 2.10. The van der Waals surface area contributed by atoms with Gasteiger partial charge in [0.1, 0.15) is 5.82 Å². The molecule has 1 aromatic heterocycles. The van der Waals surface area contributed by atoms with E-state index < -0.39 is 0 Å². The standard InChI is InChI=1S/C15H21N3/c1-3-11-6-4-8-13-14(11)18(2)15(17-13)12-7-5-9-16-10-12/h4,6,8,12,16H,3,5,7,9-10H2,1-2H3. The van der Waals surface area contributed by atoms with Gasteiger partial charge in [0, 0.05) is 19.5 Å². The highest BCUT2D eigenvalue weighted by Gasteiger charge is 2.21. The average molecular weight is 243 g/mol. The number of nitrogens with one attached hydrogen (secondary N) is 1. The third kappa shape index (κ3) is 1.83. The van der Waals surface area contributed by atoms with Crippen LogP contribution in [0, 0.1) is 0 Å². The van der Waals surface area contributed by atoms with E-state index in [1.165, 1.54) is 29.7 Å². The van der Waals surface area contributed by atoms with Crippen LogP contribution in [0.2, 0.25) is 0 Å². The summed E-state index contributed by atoms with van der Waals surface area (Å²) in [7, 11) is 2.17. The first-order valence-corrected chi connectivity index (χ1v) is 6.96. The van der Waals surface area contributed by atoms with Crippen molar-refractivity contribution in [2.24, 2.45) is 7.05 Å². The van der Waals surface area contributed by atoms with Gasteiger partial charge in [-0.3, -0.25) is 0 Å². The number of benzene rings is 1. The molecular weight excluding hydrogens is 222 g/mol. The minimum atomic E-state index is 0.570. The van der Waals surface area contributed by atoms with Gasteiger partial charge < -0.3 is 9.88 Å². The first-order chi connectivity index (χ1) is 8.81. The lowest BCUT2D eigenvalue weighted by Gasteiger charge is -2.22. The zero-order valence-electron chi connectivity index (χ0n) is 11.2. The molecule has 0 saturated carbocycles. The number of fused-ring (bicyclic) bond motifs is 1. The molecule has 1 fully saturated rings. The number of hydrogen-bond donors (Lipinski definition) is 1. The van der Waals surface area contributed by atoms with E-state index >= 15 is 0 Å². The second kappa shape index (κ2) is 4.73. The summed E-state index contributed by atoms with van der Waals surface area (Å²) in [6.07, 6.45) is 3.58. The maximum Gasteiger partial charge on any atom is 0.114 e. The number of hydrogen-bond acceptors (Lipinski definition) is 2. The predicted octanol–water partition coefficient (Wildman–Crippen LogP) is 2.60. The molecule has 0 bridgehead atoms. The van der Waals surface area contributed by atoms with Crippen molar-refractivity contribution in [2.75, 3.05) is 13.1 Å². The molecule has 0 aliphatic carbocycles. The minimum absolute atomic E-state index is 0.570. The summed E-state index contributed by atoms with van der Waals surface area (Å²) in [5.41, 5.74) is 3.87. The molecule has 1 saturated heterocycles. The van der Waals surface area contributed by atoms with Gasteiger partial charge in [-0.25, -0.2) is 4.98 Å². The van der Waals surface area contributed by atoms with Crippen LogP contribution in [0.1, 0.15) is 37.1 Å². The Bertz CT molecular complexity index is 550. The van der Waals surface area contributed by atoms with Crippen molar-refractivity contribution in [3.63, 3.8) is 0 Å². The molecule has 0 radical (unpaired) electrons. The quantitative estimate of drug-likeness (QED) is 0.878. The summed E-state index contributed by atoms with van der Waals surface area (Å²) in [6.45, 7) is 4.43. The summed E-state index contributed by atoms with van der Waals surface area (Å²) >= 11 is 0. The molecule has 1 N–H and O–H groups in total. The highest BCUT2D eigenvalue weighted by molar-refractivity contribution is 5.79. The van der Waals surface area contributed by atoms with E-state index in [0.717, 1.165) is 25.0 Å². The molecule has 1 aliphatic heterocycles. The number of rotatable bonds is 2. The molecule has 3 nitrogen and oxygen atoms in total. The Hall–Kier alpha value is -1.35. The molecule has 1 unspecified atom stereocenters. The average Bonchev–Trinajstić information content (AvgIpc) is 2.77. The van der Waals surface area contributed by atoms with Crippen LogP contribution in [-0.4, -0.2) is 22.6 Å².